The van der Waals surface area contributed by atoms with Gasteiger partial charge in [-0.05, 0) is 13.8 Å². The fraction of sp³-hybridized carbons (Fsp3) is 0.467. The highest BCUT2D eigenvalue weighted by molar-refractivity contribution is 5.89. The van der Waals surface area contributed by atoms with Crippen molar-refractivity contribution in [1.82, 2.24) is 10.6 Å². The maximum absolute atomic E-state index is 14.0. The van der Waals surface area contributed by atoms with E-state index in [4.69, 9.17) is 4.74 Å². The lowest BCUT2D eigenvalue weighted by molar-refractivity contribution is -0.136. The summed E-state index contributed by atoms with van der Waals surface area (Å²) in [6.07, 6.45) is 3.23. The standard InChI is InChI=1S/C15H22FN3O3/c1-6-9(2)10(3)13(16)18-7-11-14(21-4)19-12(8-17-11)15(20)22-5/h6-8,10,13,17,19H,1-5H3/b9-6+,18-7?/t10-,13+/m0/s1. The van der Waals surface area contributed by atoms with Crippen molar-refractivity contribution in [2.75, 3.05) is 14.2 Å². The molecule has 0 amide bonds. The van der Waals surface area contributed by atoms with E-state index in [0.717, 1.165) is 5.57 Å². The van der Waals surface area contributed by atoms with Gasteiger partial charge in [0, 0.05) is 12.1 Å². The summed E-state index contributed by atoms with van der Waals surface area (Å²) in [4.78, 5) is 15.3. The molecule has 0 unspecified atom stereocenters. The summed E-state index contributed by atoms with van der Waals surface area (Å²) in [5.74, 6) is -0.599. The number of alkyl halides is 1. The average Bonchev–Trinajstić information content (AvgIpc) is 2.57. The highest BCUT2D eigenvalue weighted by Gasteiger charge is 2.20. The molecule has 0 aromatic heterocycles. The van der Waals surface area contributed by atoms with Crippen LogP contribution in [-0.4, -0.2) is 32.7 Å². The van der Waals surface area contributed by atoms with Crippen LogP contribution in [0.15, 0.2) is 40.1 Å². The zero-order valence-corrected chi connectivity index (χ0v) is 13.4. The van der Waals surface area contributed by atoms with Gasteiger partial charge in [-0.15, -0.1) is 0 Å². The van der Waals surface area contributed by atoms with Crippen LogP contribution in [0.25, 0.3) is 0 Å². The summed E-state index contributed by atoms with van der Waals surface area (Å²) >= 11 is 0. The van der Waals surface area contributed by atoms with Gasteiger partial charge in [0.1, 0.15) is 11.4 Å². The molecule has 1 aliphatic heterocycles. The van der Waals surface area contributed by atoms with Crippen molar-refractivity contribution < 1.29 is 18.7 Å². The number of nitrogens with zero attached hydrogens (tertiary/aromatic N) is 1. The van der Waals surface area contributed by atoms with Gasteiger partial charge >= 0.3 is 5.97 Å². The number of ether oxygens (including phenoxy) is 2. The van der Waals surface area contributed by atoms with Gasteiger partial charge < -0.3 is 20.1 Å². The molecule has 0 fully saturated rings. The Bertz CT molecular complexity index is 538. The van der Waals surface area contributed by atoms with E-state index in [0.29, 0.717) is 5.70 Å². The van der Waals surface area contributed by atoms with Crippen molar-refractivity contribution in [2.45, 2.75) is 27.1 Å². The second kappa shape index (κ2) is 8.21. The molecule has 0 saturated carbocycles. The maximum atomic E-state index is 14.0. The van der Waals surface area contributed by atoms with E-state index in [1.807, 2.05) is 19.9 Å². The molecule has 0 saturated heterocycles. The fourth-order valence-electron chi connectivity index (χ4n) is 1.67. The van der Waals surface area contributed by atoms with Crippen molar-refractivity contribution in [1.29, 1.82) is 0 Å². The number of rotatable bonds is 6. The molecule has 122 valence electrons. The maximum Gasteiger partial charge on any atom is 0.356 e. The van der Waals surface area contributed by atoms with Gasteiger partial charge in [-0.3, -0.25) is 4.99 Å². The lowest BCUT2D eigenvalue weighted by Gasteiger charge is -2.20. The first-order valence-corrected chi connectivity index (χ1v) is 6.84. The van der Waals surface area contributed by atoms with Gasteiger partial charge in [0.05, 0.1) is 20.4 Å². The molecule has 2 N–H and O–H groups in total. The molecule has 2 atom stereocenters. The summed E-state index contributed by atoms with van der Waals surface area (Å²) in [5, 5.41) is 5.57. The molecule has 0 spiro atoms. The monoisotopic (exact) mass is 311 g/mol. The quantitative estimate of drug-likeness (QED) is 0.340. The molecular weight excluding hydrogens is 289 g/mol. The summed E-state index contributed by atoms with van der Waals surface area (Å²) < 4.78 is 23.8. The molecule has 0 radical (unpaired) electrons. The van der Waals surface area contributed by atoms with Crippen molar-refractivity contribution >= 4 is 12.2 Å². The Morgan fingerprint density at radius 1 is 1.45 bits per heavy atom. The Morgan fingerprint density at radius 2 is 2.14 bits per heavy atom. The number of hydrogen-bond acceptors (Lipinski definition) is 6. The lowest BCUT2D eigenvalue weighted by Crippen LogP contribution is -2.32. The van der Waals surface area contributed by atoms with Gasteiger partial charge in [0.25, 0.3) is 0 Å². The molecule has 1 heterocycles. The Hall–Kier alpha value is -2.31. The summed E-state index contributed by atoms with van der Waals surface area (Å²) in [5.41, 5.74) is 1.53. The molecule has 7 heteroatoms. The lowest BCUT2D eigenvalue weighted by atomic mass is 10.0. The number of carbonyl (C=O) groups is 1. The van der Waals surface area contributed by atoms with Gasteiger partial charge in [-0.2, -0.15) is 0 Å². The molecule has 0 aromatic rings. The van der Waals surface area contributed by atoms with Crippen LogP contribution in [0.3, 0.4) is 0 Å². The normalized spacial score (nSPS) is 18.3. The van der Waals surface area contributed by atoms with Crippen molar-refractivity contribution in [3.63, 3.8) is 0 Å². The predicted octanol–water partition coefficient (Wildman–Crippen LogP) is 1.98. The molecule has 1 rings (SSSR count). The van der Waals surface area contributed by atoms with E-state index in [1.165, 1.54) is 26.6 Å². The van der Waals surface area contributed by atoms with Crippen molar-refractivity contribution in [2.24, 2.45) is 10.9 Å². The van der Waals surface area contributed by atoms with Crippen LogP contribution in [0, 0.1) is 5.92 Å². The van der Waals surface area contributed by atoms with Crippen LogP contribution in [-0.2, 0) is 14.3 Å². The number of methoxy groups -OCH3 is 2. The van der Waals surface area contributed by atoms with E-state index in [9.17, 15) is 9.18 Å². The number of carbonyl (C=O) groups excluding carboxylic acids is 1. The average molecular weight is 311 g/mol. The van der Waals surface area contributed by atoms with Gasteiger partial charge in [0.15, 0.2) is 6.30 Å². The molecule has 1 aliphatic rings. The summed E-state index contributed by atoms with van der Waals surface area (Å²) in [6, 6.07) is 0. The Balaban J connectivity index is 2.82. The highest BCUT2D eigenvalue weighted by atomic mass is 19.1. The van der Waals surface area contributed by atoms with E-state index < -0.39 is 12.3 Å². The van der Waals surface area contributed by atoms with Crippen LogP contribution >= 0.6 is 0 Å². The van der Waals surface area contributed by atoms with E-state index in [2.05, 4.69) is 20.4 Å². The molecule has 22 heavy (non-hydrogen) atoms. The molecule has 0 aliphatic carbocycles. The summed E-state index contributed by atoms with van der Waals surface area (Å²) in [6.45, 7) is 5.49. The van der Waals surface area contributed by atoms with Crippen molar-refractivity contribution in [3.05, 3.63) is 35.1 Å². The van der Waals surface area contributed by atoms with E-state index >= 15 is 0 Å². The Morgan fingerprint density at radius 3 is 2.68 bits per heavy atom. The third-order valence-electron chi connectivity index (χ3n) is 3.41. The second-order valence-corrected chi connectivity index (χ2v) is 4.74. The highest BCUT2D eigenvalue weighted by Crippen LogP contribution is 2.18. The molecule has 0 aromatic carbocycles. The van der Waals surface area contributed by atoms with Gasteiger partial charge in [0.2, 0.25) is 5.88 Å². The Kier molecular flexibility index (Phi) is 6.62. The number of aliphatic imine (C=N–C) groups is 1. The first kappa shape index (κ1) is 17.7. The third-order valence-corrected chi connectivity index (χ3v) is 3.41. The van der Waals surface area contributed by atoms with Crippen LogP contribution in [0.5, 0.6) is 0 Å². The SMILES string of the molecule is C/C=C(\C)[C@H](C)[C@H](F)N=CC1=C(OC)NC(C(=O)OC)=CN1. The van der Waals surface area contributed by atoms with Crippen LogP contribution in [0.4, 0.5) is 4.39 Å². The smallest absolute Gasteiger partial charge is 0.356 e. The predicted molar refractivity (Wildman–Crippen MR) is 82.4 cm³/mol. The second-order valence-electron chi connectivity index (χ2n) is 4.74. The zero-order chi connectivity index (χ0) is 16.7. The third kappa shape index (κ3) is 4.34. The topological polar surface area (TPSA) is 72.0 Å². The number of hydrogen-bond donors (Lipinski definition) is 2. The number of esters is 1. The summed E-state index contributed by atoms with van der Waals surface area (Å²) in [7, 11) is 2.70. The van der Waals surface area contributed by atoms with Crippen LogP contribution in [0.1, 0.15) is 20.8 Å². The zero-order valence-electron chi connectivity index (χ0n) is 13.4. The van der Waals surface area contributed by atoms with Crippen LogP contribution in [0.2, 0.25) is 0 Å². The number of allylic oxidation sites excluding steroid dienone is 2. The number of nitrogens with one attached hydrogen (secondary N) is 2. The molecule has 0 bridgehead atoms. The minimum atomic E-state index is -1.37. The van der Waals surface area contributed by atoms with Gasteiger partial charge in [-0.25, -0.2) is 9.18 Å². The first-order chi connectivity index (χ1) is 10.4. The van der Waals surface area contributed by atoms with Gasteiger partial charge in [-0.1, -0.05) is 18.6 Å². The minimum Gasteiger partial charge on any atom is -0.481 e. The minimum absolute atomic E-state index is 0.187. The molecule has 6 nitrogen and oxygen atoms in total. The fourth-order valence-corrected chi connectivity index (χ4v) is 1.67. The Labute approximate surface area is 129 Å². The van der Waals surface area contributed by atoms with Crippen LogP contribution < -0.4 is 10.6 Å². The largest absolute Gasteiger partial charge is 0.481 e. The first-order valence-electron chi connectivity index (χ1n) is 6.84. The van der Waals surface area contributed by atoms with E-state index in [1.54, 1.807) is 6.92 Å². The molecular formula is C15H22FN3O3. The van der Waals surface area contributed by atoms with Crippen molar-refractivity contribution in [3.8, 4) is 0 Å². The van der Waals surface area contributed by atoms with E-state index in [-0.39, 0.29) is 17.5 Å². The number of halogens is 1.